The first kappa shape index (κ1) is 19.8. The number of anilines is 3. The molecule has 31 heavy (non-hydrogen) atoms. The van der Waals surface area contributed by atoms with E-state index < -0.39 is 10.0 Å². The van der Waals surface area contributed by atoms with Crippen LogP contribution in [0.15, 0.2) is 46.5 Å². The van der Waals surface area contributed by atoms with Crippen molar-refractivity contribution in [2.75, 3.05) is 17.9 Å². The number of aromatic nitrogens is 3. The molecule has 1 aliphatic carbocycles. The lowest BCUT2D eigenvalue weighted by molar-refractivity contribution is 0.225. The van der Waals surface area contributed by atoms with E-state index in [1.165, 1.54) is 18.6 Å². The van der Waals surface area contributed by atoms with E-state index in [-0.39, 0.29) is 10.4 Å². The van der Waals surface area contributed by atoms with Crippen LogP contribution in [0.5, 0.6) is 0 Å². The number of benzene rings is 1. The van der Waals surface area contributed by atoms with Crippen molar-refractivity contribution in [3.63, 3.8) is 0 Å². The summed E-state index contributed by atoms with van der Waals surface area (Å²) in [6.07, 6.45) is 7.00. The van der Waals surface area contributed by atoms with Crippen molar-refractivity contribution in [2.24, 2.45) is 10.2 Å². The predicted molar refractivity (Wildman–Crippen MR) is 118 cm³/mol. The number of nitrogens with one attached hydrogen (secondary N) is 2. The van der Waals surface area contributed by atoms with Crippen LogP contribution >= 0.6 is 0 Å². The summed E-state index contributed by atoms with van der Waals surface area (Å²) >= 11 is 0. The Bertz CT molecular complexity index is 1280. The van der Waals surface area contributed by atoms with E-state index in [9.17, 15) is 8.42 Å². The van der Waals surface area contributed by atoms with E-state index >= 15 is 0 Å². The van der Waals surface area contributed by atoms with Gasteiger partial charge in [-0.2, -0.15) is 4.98 Å². The van der Waals surface area contributed by atoms with E-state index in [1.807, 2.05) is 6.07 Å². The zero-order chi connectivity index (χ0) is 21.6. The van der Waals surface area contributed by atoms with Gasteiger partial charge in [0.1, 0.15) is 17.0 Å². The maximum Gasteiger partial charge on any atom is 0.238 e. The quantitative estimate of drug-likeness (QED) is 0.568. The second kappa shape index (κ2) is 7.20. The van der Waals surface area contributed by atoms with Gasteiger partial charge in [0.05, 0.1) is 12.0 Å². The monoisotopic (exact) mass is 441 g/mol. The summed E-state index contributed by atoms with van der Waals surface area (Å²) in [5.74, 6) is 1.94. The summed E-state index contributed by atoms with van der Waals surface area (Å²) in [4.78, 5) is 9.24. The molecule has 1 aromatic carbocycles. The molecule has 1 spiro atoms. The Hall–Kier alpha value is -3.18. The molecule has 0 bridgehead atoms. The summed E-state index contributed by atoms with van der Waals surface area (Å²) in [6, 6.07) is 8.13. The fourth-order valence-electron chi connectivity index (χ4n) is 4.54. The second-order valence-corrected chi connectivity index (χ2v) is 9.42. The third kappa shape index (κ3) is 3.29. The average molecular weight is 442 g/mol. The minimum Gasteiger partial charge on any atom is -0.481 e. The normalized spacial score (nSPS) is 17.7. The van der Waals surface area contributed by atoms with Crippen molar-refractivity contribution in [1.82, 2.24) is 14.5 Å². The first-order chi connectivity index (χ1) is 14.9. The molecule has 3 heterocycles. The van der Waals surface area contributed by atoms with Gasteiger partial charge in [0.25, 0.3) is 0 Å². The predicted octanol–water partition coefficient (Wildman–Crippen LogP) is 2.87. The summed E-state index contributed by atoms with van der Waals surface area (Å²) < 4.78 is 30.8. The van der Waals surface area contributed by atoms with Gasteiger partial charge in [-0.25, -0.2) is 18.5 Å². The van der Waals surface area contributed by atoms with Crippen molar-refractivity contribution in [2.45, 2.75) is 42.5 Å². The van der Waals surface area contributed by atoms with Gasteiger partial charge in [0.2, 0.25) is 21.9 Å². The number of primary sulfonamides is 1. The SMILES string of the molecule is COC1=NNc2cc3cnc(Nc4ccc(S(N)(=O)=O)cc4)nc3n2C12CCCCC2. The van der Waals surface area contributed by atoms with Crippen LogP contribution in [0, 0.1) is 0 Å². The first-order valence-electron chi connectivity index (χ1n) is 10.1. The minimum absolute atomic E-state index is 0.0479. The molecule has 1 aliphatic heterocycles. The molecule has 4 N–H and O–H groups in total. The number of hydrogen-bond acceptors (Lipinski definition) is 8. The number of ether oxygens (including phenoxy) is 1. The van der Waals surface area contributed by atoms with Crippen molar-refractivity contribution in [3.05, 3.63) is 36.5 Å². The van der Waals surface area contributed by atoms with Gasteiger partial charge in [-0.3, -0.25) is 9.99 Å². The lowest BCUT2D eigenvalue weighted by Gasteiger charge is -2.41. The summed E-state index contributed by atoms with van der Waals surface area (Å²) in [6.45, 7) is 0. The highest BCUT2D eigenvalue weighted by Gasteiger charge is 2.45. The van der Waals surface area contributed by atoms with Crippen LogP contribution < -0.4 is 15.9 Å². The highest BCUT2D eigenvalue weighted by atomic mass is 32.2. The van der Waals surface area contributed by atoms with Gasteiger partial charge in [0.15, 0.2) is 0 Å². The van der Waals surface area contributed by atoms with E-state index in [2.05, 4.69) is 25.4 Å². The average Bonchev–Trinajstić information content (AvgIpc) is 3.13. The van der Waals surface area contributed by atoms with Gasteiger partial charge in [-0.15, -0.1) is 5.10 Å². The van der Waals surface area contributed by atoms with Crippen LogP contribution in [0.2, 0.25) is 0 Å². The fraction of sp³-hybridized carbons (Fsp3) is 0.350. The Morgan fingerprint density at radius 1 is 1.19 bits per heavy atom. The Morgan fingerprint density at radius 3 is 2.61 bits per heavy atom. The van der Waals surface area contributed by atoms with Crippen LogP contribution in [0.3, 0.4) is 0 Å². The maximum atomic E-state index is 11.5. The number of nitrogens with zero attached hydrogens (tertiary/aromatic N) is 4. The Labute approximate surface area is 179 Å². The molecule has 1 fully saturated rings. The molecular weight excluding hydrogens is 418 g/mol. The topological polar surface area (TPSA) is 137 Å². The lowest BCUT2D eigenvalue weighted by Crippen LogP contribution is -2.47. The smallest absolute Gasteiger partial charge is 0.238 e. The van der Waals surface area contributed by atoms with E-state index in [0.717, 1.165) is 42.5 Å². The molecular formula is C20H23N7O3S. The molecule has 0 radical (unpaired) electrons. The number of hydrogen-bond donors (Lipinski definition) is 3. The molecule has 10 nitrogen and oxygen atoms in total. The van der Waals surface area contributed by atoms with Gasteiger partial charge in [0, 0.05) is 17.3 Å². The first-order valence-corrected chi connectivity index (χ1v) is 11.6. The number of methoxy groups -OCH3 is 1. The Balaban J connectivity index is 1.55. The van der Waals surface area contributed by atoms with Crippen molar-refractivity contribution < 1.29 is 13.2 Å². The molecule has 162 valence electrons. The van der Waals surface area contributed by atoms with Crippen molar-refractivity contribution in [1.29, 1.82) is 0 Å². The molecule has 3 aromatic rings. The third-order valence-corrected chi connectivity index (χ3v) is 6.88. The molecule has 0 amide bonds. The number of fused-ring (bicyclic) bond motifs is 4. The molecule has 2 aliphatic rings. The van der Waals surface area contributed by atoms with Gasteiger partial charge >= 0.3 is 0 Å². The lowest BCUT2D eigenvalue weighted by atomic mass is 9.80. The second-order valence-electron chi connectivity index (χ2n) is 7.86. The van der Waals surface area contributed by atoms with Gasteiger partial charge in [-0.1, -0.05) is 19.3 Å². The van der Waals surface area contributed by atoms with Gasteiger partial charge in [-0.05, 0) is 43.2 Å². The molecule has 5 rings (SSSR count). The Morgan fingerprint density at radius 2 is 1.94 bits per heavy atom. The number of sulfonamides is 1. The number of nitrogens with two attached hydrogens (primary N) is 1. The zero-order valence-electron chi connectivity index (χ0n) is 17.0. The summed E-state index contributed by atoms with van der Waals surface area (Å²) in [7, 11) is -2.09. The highest BCUT2D eigenvalue weighted by Crippen LogP contribution is 2.43. The largest absolute Gasteiger partial charge is 0.481 e. The highest BCUT2D eigenvalue weighted by molar-refractivity contribution is 7.89. The summed E-state index contributed by atoms with van der Waals surface area (Å²) in [5.41, 5.74) is 4.16. The van der Waals surface area contributed by atoms with Crippen LogP contribution in [0.1, 0.15) is 32.1 Å². The zero-order valence-corrected chi connectivity index (χ0v) is 17.8. The molecule has 0 atom stereocenters. The molecule has 11 heteroatoms. The van der Waals surface area contributed by atoms with Gasteiger partial charge < -0.3 is 10.1 Å². The molecule has 1 saturated carbocycles. The van der Waals surface area contributed by atoms with E-state index in [1.54, 1.807) is 25.4 Å². The molecule has 0 saturated heterocycles. The maximum absolute atomic E-state index is 11.5. The van der Waals surface area contributed by atoms with Crippen LogP contribution in [-0.4, -0.2) is 36.0 Å². The third-order valence-electron chi connectivity index (χ3n) is 5.95. The number of rotatable bonds is 3. The molecule has 2 aromatic heterocycles. The summed E-state index contributed by atoms with van der Waals surface area (Å²) in [5, 5.41) is 13.7. The fourth-order valence-corrected chi connectivity index (χ4v) is 5.05. The standard InChI is InChI=1S/C20H23N7O3S/c1-30-18-20(9-3-2-4-10-20)27-16(25-26-18)11-13-12-22-19(24-17(13)27)23-14-5-7-15(8-6-14)31(21,28)29/h5-8,11-12,25H,2-4,9-10H2,1H3,(H2,21,28,29)(H,22,23,24). The van der Waals surface area contributed by atoms with E-state index in [4.69, 9.17) is 14.9 Å². The van der Waals surface area contributed by atoms with Crippen LogP contribution in [0.25, 0.3) is 11.0 Å². The van der Waals surface area contributed by atoms with Crippen LogP contribution in [-0.2, 0) is 20.3 Å². The van der Waals surface area contributed by atoms with Crippen molar-refractivity contribution in [3.8, 4) is 0 Å². The van der Waals surface area contributed by atoms with Crippen LogP contribution in [0.4, 0.5) is 17.5 Å². The number of hydrazone groups is 1. The Kier molecular flexibility index (Phi) is 4.59. The van der Waals surface area contributed by atoms with Crippen molar-refractivity contribution >= 4 is 44.4 Å². The van der Waals surface area contributed by atoms with E-state index in [0.29, 0.717) is 17.5 Å². The minimum atomic E-state index is -3.74. The molecule has 0 unspecified atom stereocenters.